The number of hydrogen-bond acceptors (Lipinski definition) is 3. The predicted molar refractivity (Wildman–Crippen MR) is 56.7 cm³/mol. The number of nitrogens with two attached hydrogens (primary N) is 1. The van der Waals surface area contributed by atoms with Crippen LogP contribution in [0.5, 0.6) is 0 Å². The Bertz CT molecular complexity index is 474. The van der Waals surface area contributed by atoms with Gasteiger partial charge in [-0.1, -0.05) is 17.3 Å². The first kappa shape index (κ1) is 12.9. The molecule has 0 aromatic carbocycles. The summed E-state index contributed by atoms with van der Waals surface area (Å²) in [5.41, 5.74) is 12.0. The molecule has 0 radical (unpaired) electrons. The molecular weight excluding hydrogens is 235 g/mol. The standard InChI is InChI=1S/C9H8F3N5/c10-9(11,12)8-6(2-1-5-15-17-14)3-4-7(13)16-8/h1-4H,5H2,(H2,13,16). The molecule has 0 aliphatic carbocycles. The second-order valence-electron chi connectivity index (χ2n) is 2.99. The van der Waals surface area contributed by atoms with Gasteiger partial charge < -0.3 is 5.73 Å². The normalized spacial score (nSPS) is 11.5. The van der Waals surface area contributed by atoms with Crippen molar-refractivity contribution >= 4 is 11.9 Å². The van der Waals surface area contributed by atoms with Crippen LogP contribution in [-0.4, -0.2) is 11.5 Å². The summed E-state index contributed by atoms with van der Waals surface area (Å²) in [5, 5.41) is 3.16. The van der Waals surface area contributed by atoms with Crippen molar-refractivity contribution in [2.75, 3.05) is 12.3 Å². The number of hydrogen-bond donors (Lipinski definition) is 1. The Hall–Kier alpha value is -2.21. The summed E-state index contributed by atoms with van der Waals surface area (Å²) in [6.07, 6.45) is -2.08. The highest BCUT2D eigenvalue weighted by molar-refractivity contribution is 5.55. The van der Waals surface area contributed by atoms with Crippen LogP contribution in [0.2, 0.25) is 0 Å². The van der Waals surface area contributed by atoms with E-state index in [0.29, 0.717) is 0 Å². The zero-order chi connectivity index (χ0) is 12.9. The maximum Gasteiger partial charge on any atom is 0.434 e. The number of halogens is 3. The summed E-state index contributed by atoms with van der Waals surface area (Å²) >= 11 is 0. The van der Waals surface area contributed by atoms with Gasteiger partial charge in [-0.05, 0) is 17.7 Å². The minimum absolute atomic E-state index is 0.0296. The van der Waals surface area contributed by atoms with Crippen LogP contribution in [-0.2, 0) is 6.18 Å². The summed E-state index contributed by atoms with van der Waals surface area (Å²) in [5.74, 6) is -0.204. The predicted octanol–water partition coefficient (Wildman–Crippen LogP) is 3.01. The van der Waals surface area contributed by atoms with Crippen molar-refractivity contribution in [3.8, 4) is 0 Å². The van der Waals surface area contributed by atoms with E-state index in [-0.39, 0.29) is 17.9 Å². The topological polar surface area (TPSA) is 87.7 Å². The summed E-state index contributed by atoms with van der Waals surface area (Å²) in [4.78, 5) is 5.71. The van der Waals surface area contributed by atoms with E-state index in [2.05, 4.69) is 15.0 Å². The van der Waals surface area contributed by atoms with Crippen LogP contribution < -0.4 is 5.73 Å². The van der Waals surface area contributed by atoms with Gasteiger partial charge in [-0.2, -0.15) is 13.2 Å². The molecular formula is C9H8F3N5. The third kappa shape index (κ3) is 3.69. The maximum atomic E-state index is 12.6. The highest BCUT2D eigenvalue weighted by Gasteiger charge is 2.34. The molecule has 8 heteroatoms. The molecule has 0 fully saturated rings. The van der Waals surface area contributed by atoms with Gasteiger partial charge in [0.1, 0.15) is 5.82 Å². The highest BCUT2D eigenvalue weighted by atomic mass is 19.4. The minimum Gasteiger partial charge on any atom is -0.384 e. The molecule has 90 valence electrons. The van der Waals surface area contributed by atoms with E-state index >= 15 is 0 Å². The SMILES string of the molecule is [N-]=[N+]=NCC=Cc1ccc(N)nc1C(F)(F)F. The van der Waals surface area contributed by atoms with Gasteiger partial charge in [0.2, 0.25) is 0 Å². The molecule has 1 rings (SSSR count). The molecule has 1 aromatic rings. The van der Waals surface area contributed by atoms with Crippen LogP contribution in [0, 0.1) is 0 Å². The van der Waals surface area contributed by atoms with E-state index in [4.69, 9.17) is 11.3 Å². The molecule has 0 saturated heterocycles. The fourth-order valence-electron chi connectivity index (χ4n) is 1.11. The van der Waals surface area contributed by atoms with Crippen molar-refractivity contribution in [1.82, 2.24) is 4.98 Å². The molecule has 0 spiro atoms. The van der Waals surface area contributed by atoms with Crippen molar-refractivity contribution in [1.29, 1.82) is 0 Å². The maximum absolute atomic E-state index is 12.6. The number of alkyl halides is 3. The summed E-state index contributed by atoms with van der Waals surface area (Å²) in [7, 11) is 0. The first-order valence-electron chi connectivity index (χ1n) is 4.46. The van der Waals surface area contributed by atoms with Crippen LogP contribution in [0.1, 0.15) is 11.3 Å². The van der Waals surface area contributed by atoms with Crippen molar-refractivity contribution in [2.45, 2.75) is 6.18 Å². The molecule has 5 nitrogen and oxygen atoms in total. The number of aromatic nitrogens is 1. The van der Waals surface area contributed by atoms with Crippen LogP contribution in [0.4, 0.5) is 19.0 Å². The summed E-state index contributed by atoms with van der Waals surface area (Å²) in [6, 6.07) is 2.47. The zero-order valence-corrected chi connectivity index (χ0v) is 8.52. The Labute approximate surface area is 94.4 Å². The quantitative estimate of drug-likeness (QED) is 0.502. The lowest BCUT2D eigenvalue weighted by Gasteiger charge is -2.09. The molecule has 1 heterocycles. The monoisotopic (exact) mass is 243 g/mol. The van der Waals surface area contributed by atoms with E-state index < -0.39 is 11.9 Å². The van der Waals surface area contributed by atoms with Crippen molar-refractivity contribution < 1.29 is 13.2 Å². The fraction of sp³-hybridized carbons (Fsp3) is 0.222. The Balaban J connectivity index is 3.07. The Morgan fingerprint density at radius 3 is 2.76 bits per heavy atom. The lowest BCUT2D eigenvalue weighted by Crippen LogP contribution is -2.11. The molecule has 2 N–H and O–H groups in total. The lowest BCUT2D eigenvalue weighted by molar-refractivity contribution is -0.141. The van der Waals surface area contributed by atoms with Crippen molar-refractivity contribution in [2.24, 2.45) is 5.11 Å². The fourth-order valence-corrected chi connectivity index (χ4v) is 1.11. The first-order chi connectivity index (χ1) is 7.95. The molecule has 0 atom stereocenters. The van der Waals surface area contributed by atoms with Crippen molar-refractivity contribution in [3.63, 3.8) is 0 Å². The van der Waals surface area contributed by atoms with Crippen LogP contribution in [0.15, 0.2) is 23.3 Å². The molecule has 0 aliphatic rings. The molecule has 0 saturated carbocycles. The summed E-state index contributed by atoms with van der Waals surface area (Å²) in [6.45, 7) is -0.0296. The van der Waals surface area contributed by atoms with Gasteiger partial charge in [0.05, 0.1) is 0 Å². The van der Waals surface area contributed by atoms with Crippen molar-refractivity contribution in [3.05, 3.63) is 39.9 Å². The van der Waals surface area contributed by atoms with E-state index in [9.17, 15) is 13.2 Å². The molecule has 1 aromatic heterocycles. The number of azide groups is 1. The molecule has 0 amide bonds. The number of pyridine rings is 1. The second kappa shape index (κ2) is 5.22. The minimum atomic E-state index is -4.58. The molecule has 17 heavy (non-hydrogen) atoms. The lowest BCUT2D eigenvalue weighted by atomic mass is 10.1. The summed E-state index contributed by atoms with van der Waals surface area (Å²) < 4.78 is 37.7. The number of rotatable bonds is 3. The third-order valence-corrected chi connectivity index (χ3v) is 1.76. The highest BCUT2D eigenvalue weighted by Crippen LogP contribution is 2.31. The molecule has 0 aliphatic heterocycles. The van der Waals surface area contributed by atoms with Gasteiger partial charge in [0.25, 0.3) is 0 Å². The second-order valence-corrected chi connectivity index (χ2v) is 2.99. The van der Waals surface area contributed by atoms with Gasteiger partial charge in [-0.25, -0.2) is 4.98 Å². The van der Waals surface area contributed by atoms with Crippen LogP contribution >= 0.6 is 0 Å². The average molecular weight is 243 g/mol. The van der Waals surface area contributed by atoms with Gasteiger partial charge in [0.15, 0.2) is 5.69 Å². The van der Waals surface area contributed by atoms with E-state index in [1.165, 1.54) is 24.3 Å². The van der Waals surface area contributed by atoms with E-state index in [0.717, 1.165) is 0 Å². The Morgan fingerprint density at radius 2 is 2.18 bits per heavy atom. The third-order valence-electron chi connectivity index (χ3n) is 1.76. The Morgan fingerprint density at radius 1 is 1.47 bits per heavy atom. The van der Waals surface area contributed by atoms with Gasteiger partial charge in [0, 0.05) is 17.0 Å². The van der Waals surface area contributed by atoms with Gasteiger partial charge in [-0.3, -0.25) is 0 Å². The number of nitrogen functional groups attached to an aromatic ring is 1. The van der Waals surface area contributed by atoms with Gasteiger partial charge >= 0.3 is 6.18 Å². The molecule has 0 unspecified atom stereocenters. The largest absolute Gasteiger partial charge is 0.434 e. The first-order valence-corrected chi connectivity index (χ1v) is 4.46. The average Bonchev–Trinajstić information content (AvgIpc) is 2.25. The number of anilines is 1. The van der Waals surface area contributed by atoms with E-state index in [1.54, 1.807) is 0 Å². The van der Waals surface area contributed by atoms with E-state index in [1.807, 2.05) is 0 Å². The van der Waals surface area contributed by atoms with Crippen LogP contribution in [0.3, 0.4) is 0 Å². The Kier molecular flexibility index (Phi) is 3.95. The van der Waals surface area contributed by atoms with Gasteiger partial charge in [-0.15, -0.1) is 0 Å². The number of nitrogens with zero attached hydrogens (tertiary/aromatic N) is 4. The molecule has 0 bridgehead atoms. The zero-order valence-electron chi connectivity index (χ0n) is 8.52. The smallest absolute Gasteiger partial charge is 0.384 e. The van der Waals surface area contributed by atoms with Crippen LogP contribution in [0.25, 0.3) is 16.5 Å².